The lowest BCUT2D eigenvalue weighted by molar-refractivity contribution is 0.269. The Kier molecular flexibility index (Phi) is 10.3. The number of aliphatic hydroxyl groups is 1. The first kappa shape index (κ1) is 24.4. The van der Waals surface area contributed by atoms with Crippen molar-refractivity contribution < 1.29 is 9.50 Å². The van der Waals surface area contributed by atoms with E-state index in [0.29, 0.717) is 30.1 Å². The Morgan fingerprint density at radius 1 is 1.17 bits per heavy atom. The van der Waals surface area contributed by atoms with Crippen LogP contribution < -0.4 is 0 Å². The molecule has 3 rings (SSSR count). The third-order valence-corrected chi connectivity index (χ3v) is 6.90. The summed E-state index contributed by atoms with van der Waals surface area (Å²) in [5.41, 5.74) is 5.81. The highest BCUT2D eigenvalue weighted by Gasteiger charge is 2.39. The summed E-state index contributed by atoms with van der Waals surface area (Å²) in [6.45, 7) is 8.12. The van der Waals surface area contributed by atoms with Crippen molar-refractivity contribution in [2.45, 2.75) is 58.5 Å². The van der Waals surface area contributed by atoms with Crippen LogP contribution in [0.25, 0.3) is 0 Å². The quantitative estimate of drug-likeness (QED) is 0.281. The van der Waals surface area contributed by atoms with Gasteiger partial charge < -0.3 is 5.11 Å². The van der Waals surface area contributed by atoms with Crippen molar-refractivity contribution in [2.75, 3.05) is 7.11 Å². The Morgan fingerprint density at radius 2 is 1.83 bits per heavy atom. The minimum absolute atomic E-state index is 0.0685. The highest BCUT2D eigenvalue weighted by molar-refractivity contribution is 5.32. The Hall–Kier alpha value is -1.89. The van der Waals surface area contributed by atoms with Crippen molar-refractivity contribution in [3.05, 3.63) is 78.1 Å². The molecule has 0 spiro atoms. The second-order valence-corrected chi connectivity index (χ2v) is 8.84. The maximum absolute atomic E-state index is 14.7. The van der Waals surface area contributed by atoms with Crippen LogP contribution >= 0.6 is 0 Å². The molecule has 4 unspecified atom stereocenters. The minimum Gasteiger partial charge on any atom is -0.400 e. The molecule has 0 aliphatic heterocycles. The summed E-state index contributed by atoms with van der Waals surface area (Å²) in [6.07, 6.45) is 16.3. The molecule has 1 nitrogen and oxygen atoms in total. The summed E-state index contributed by atoms with van der Waals surface area (Å²) in [5.74, 6) is 2.09. The predicted octanol–water partition coefficient (Wildman–Crippen LogP) is 6.88. The first-order chi connectivity index (χ1) is 14.6. The lowest BCUT2D eigenvalue weighted by atomic mass is 9.84. The molecule has 2 heteroatoms. The Balaban J connectivity index is 0.00000155. The van der Waals surface area contributed by atoms with E-state index in [0.717, 1.165) is 39.2 Å². The maximum Gasteiger partial charge on any atom is 0.107 e. The van der Waals surface area contributed by atoms with Gasteiger partial charge in [-0.05, 0) is 79.4 Å². The Bertz CT molecular complexity index is 718. The fraction of sp³-hybridized carbons (Fsp3) is 0.536. The molecule has 1 saturated carbocycles. The maximum atomic E-state index is 14.7. The highest BCUT2D eigenvalue weighted by Crippen LogP contribution is 2.42. The first-order valence-corrected chi connectivity index (χ1v) is 11.4. The number of unbranched alkanes of at least 4 members (excludes halogenated alkanes) is 1. The highest BCUT2D eigenvalue weighted by atomic mass is 19.1. The molecular formula is C28H39FO. The summed E-state index contributed by atoms with van der Waals surface area (Å²) < 4.78 is 14.7. The number of fused-ring (bicyclic) bond motifs is 1. The van der Waals surface area contributed by atoms with Crippen molar-refractivity contribution >= 4 is 0 Å². The number of benzene rings is 1. The molecule has 0 radical (unpaired) electrons. The van der Waals surface area contributed by atoms with E-state index in [4.69, 9.17) is 5.11 Å². The molecule has 1 aromatic rings. The summed E-state index contributed by atoms with van der Waals surface area (Å²) in [4.78, 5) is 0. The second-order valence-electron chi connectivity index (χ2n) is 8.84. The van der Waals surface area contributed by atoms with Crippen LogP contribution in [0.3, 0.4) is 0 Å². The standard InChI is InChI=1S/C27H35F.CH4O/c1-4-5-6-7-8-9-14-25-21(3)17-27(28)26(25)16-15-20(2)24-18-22-12-10-11-13-23(22)19-24;1-2/h5,8-13,15-16,20-21,24-27H,1,6-7,14,17-19H2,2-3H3;2H,1H3/b9-8-,16-15+;/t20?,21-,25?,26?,27?;/m0./s1. The number of aliphatic hydroxyl groups excluding tert-OH is 1. The van der Waals surface area contributed by atoms with Gasteiger partial charge in [-0.2, -0.15) is 0 Å². The molecule has 0 aromatic heterocycles. The van der Waals surface area contributed by atoms with Gasteiger partial charge >= 0.3 is 0 Å². The van der Waals surface area contributed by atoms with Crippen molar-refractivity contribution in [1.82, 2.24) is 0 Å². The average Bonchev–Trinajstić information content (AvgIpc) is 3.31. The van der Waals surface area contributed by atoms with Gasteiger partial charge in [-0.25, -0.2) is 4.39 Å². The van der Waals surface area contributed by atoms with E-state index in [1.54, 1.807) is 0 Å². The van der Waals surface area contributed by atoms with Gasteiger partial charge in [-0.3, -0.25) is 0 Å². The van der Waals surface area contributed by atoms with Gasteiger partial charge in [0.25, 0.3) is 0 Å². The smallest absolute Gasteiger partial charge is 0.107 e. The van der Waals surface area contributed by atoms with E-state index >= 15 is 0 Å². The molecule has 30 heavy (non-hydrogen) atoms. The van der Waals surface area contributed by atoms with Gasteiger partial charge in [0.15, 0.2) is 0 Å². The third-order valence-electron chi connectivity index (χ3n) is 6.90. The predicted molar refractivity (Wildman–Crippen MR) is 126 cm³/mol. The molecule has 0 saturated heterocycles. The fourth-order valence-corrected chi connectivity index (χ4v) is 5.07. The van der Waals surface area contributed by atoms with Crippen molar-refractivity contribution in [3.8, 4) is 0 Å². The summed E-state index contributed by atoms with van der Waals surface area (Å²) in [5, 5.41) is 7.00. The molecule has 0 bridgehead atoms. The van der Waals surface area contributed by atoms with Crippen LogP contribution in [0.15, 0.2) is 67.0 Å². The van der Waals surface area contributed by atoms with E-state index < -0.39 is 6.17 Å². The van der Waals surface area contributed by atoms with Crippen LogP contribution in [0.4, 0.5) is 4.39 Å². The second kappa shape index (κ2) is 12.7. The van der Waals surface area contributed by atoms with Crippen molar-refractivity contribution in [3.63, 3.8) is 0 Å². The molecule has 1 N–H and O–H groups in total. The molecule has 0 heterocycles. The molecule has 1 aromatic carbocycles. The summed E-state index contributed by atoms with van der Waals surface area (Å²) >= 11 is 0. The molecule has 5 atom stereocenters. The monoisotopic (exact) mass is 410 g/mol. The van der Waals surface area contributed by atoms with Crippen LogP contribution in [0.1, 0.15) is 50.7 Å². The largest absolute Gasteiger partial charge is 0.400 e. The average molecular weight is 411 g/mol. The van der Waals surface area contributed by atoms with E-state index in [2.05, 4.69) is 74.7 Å². The zero-order chi connectivity index (χ0) is 21.9. The van der Waals surface area contributed by atoms with Crippen LogP contribution in [0.2, 0.25) is 0 Å². The van der Waals surface area contributed by atoms with Gasteiger partial charge in [0.1, 0.15) is 6.17 Å². The lowest BCUT2D eigenvalue weighted by Crippen LogP contribution is -2.16. The molecule has 164 valence electrons. The van der Waals surface area contributed by atoms with Crippen LogP contribution in [0.5, 0.6) is 0 Å². The molecule has 2 aliphatic rings. The number of halogens is 1. The Labute approximate surface area is 183 Å². The van der Waals surface area contributed by atoms with Crippen LogP contribution in [-0.2, 0) is 12.8 Å². The van der Waals surface area contributed by atoms with E-state index in [9.17, 15) is 4.39 Å². The minimum atomic E-state index is -0.693. The summed E-state index contributed by atoms with van der Waals surface area (Å²) in [7, 11) is 1.00. The fourth-order valence-electron chi connectivity index (χ4n) is 5.07. The third kappa shape index (κ3) is 6.56. The number of hydrogen-bond donors (Lipinski definition) is 1. The first-order valence-electron chi connectivity index (χ1n) is 11.4. The van der Waals surface area contributed by atoms with Gasteiger partial charge in [-0.15, -0.1) is 5.73 Å². The normalized spacial score (nSPS) is 27.0. The number of allylic oxidation sites excluding steroid dienone is 5. The van der Waals surface area contributed by atoms with Gasteiger partial charge in [0.05, 0.1) is 0 Å². The van der Waals surface area contributed by atoms with Gasteiger partial charge in [0, 0.05) is 13.0 Å². The van der Waals surface area contributed by atoms with Gasteiger partial charge in [-0.1, -0.05) is 69.0 Å². The molecular weight excluding hydrogens is 371 g/mol. The van der Waals surface area contributed by atoms with Crippen molar-refractivity contribution in [1.29, 1.82) is 0 Å². The summed E-state index contributed by atoms with van der Waals surface area (Å²) in [6, 6.07) is 8.80. The zero-order valence-corrected chi connectivity index (χ0v) is 18.9. The van der Waals surface area contributed by atoms with Crippen molar-refractivity contribution in [2.24, 2.45) is 29.6 Å². The topological polar surface area (TPSA) is 20.2 Å². The Morgan fingerprint density at radius 3 is 2.47 bits per heavy atom. The molecule has 0 amide bonds. The van der Waals surface area contributed by atoms with E-state index in [1.165, 1.54) is 11.1 Å². The van der Waals surface area contributed by atoms with E-state index in [-0.39, 0.29) is 5.92 Å². The zero-order valence-electron chi connectivity index (χ0n) is 18.9. The molecule has 2 aliphatic carbocycles. The van der Waals surface area contributed by atoms with E-state index in [1.807, 2.05) is 6.08 Å². The number of rotatable bonds is 8. The SMILES string of the molecule is C=C=CCC/C=C\CC1C(/C=C/C(C)C2Cc3ccccc3C2)C(F)C[C@@H]1C.CO. The van der Waals surface area contributed by atoms with Crippen LogP contribution in [0, 0.1) is 29.6 Å². The number of hydrogen-bond acceptors (Lipinski definition) is 1. The van der Waals surface area contributed by atoms with Gasteiger partial charge in [0.2, 0.25) is 0 Å². The van der Waals surface area contributed by atoms with Crippen LogP contribution in [-0.4, -0.2) is 18.4 Å². The molecule has 1 fully saturated rings. The number of alkyl halides is 1. The lowest BCUT2D eigenvalue weighted by Gasteiger charge is -2.21.